The summed E-state index contributed by atoms with van der Waals surface area (Å²) in [5.74, 6) is 1.07. The highest BCUT2D eigenvalue weighted by atomic mass is 127. The Morgan fingerprint density at radius 2 is 1.93 bits per heavy atom. The maximum absolute atomic E-state index is 13.6. The van der Waals surface area contributed by atoms with Gasteiger partial charge < -0.3 is 15.4 Å². The number of nitrogens with zero attached hydrogens (tertiary/aromatic N) is 1. The minimum absolute atomic E-state index is 0. The molecule has 0 radical (unpaired) electrons. The second-order valence-electron chi connectivity index (χ2n) is 8.12. The maximum Gasteiger partial charge on any atom is 0.191 e. The standard InChI is InChI=1S/C24H30FN3O.HI/c1-2-26-23(28-17-24(12-13-24)20-9-6-10-21(25)15-20)27-16-19-11-14-29-22(19)18-7-4-3-5-8-18;/h3-10,15,19,22H,2,11-14,16-17H2,1H3,(H2,26,27,28);1H. The molecule has 0 bridgehead atoms. The summed E-state index contributed by atoms with van der Waals surface area (Å²) in [4.78, 5) is 4.84. The molecule has 0 spiro atoms. The molecule has 1 heterocycles. The Hall–Kier alpha value is -1.67. The predicted octanol–water partition coefficient (Wildman–Crippen LogP) is 4.81. The highest BCUT2D eigenvalue weighted by molar-refractivity contribution is 14.0. The topological polar surface area (TPSA) is 45.7 Å². The summed E-state index contributed by atoms with van der Waals surface area (Å²) in [6, 6.07) is 17.4. The second-order valence-corrected chi connectivity index (χ2v) is 8.12. The van der Waals surface area contributed by atoms with E-state index in [9.17, 15) is 4.39 Å². The van der Waals surface area contributed by atoms with Crippen LogP contribution in [0.2, 0.25) is 0 Å². The molecule has 4 nitrogen and oxygen atoms in total. The normalized spacial score (nSPS) is 22.3. The van der Waals surface area contributed by atoms with Gasteiger partial charge in [0.25, 0.3) is 0 Å². The molecule has 0 aromatic heterocycles. The molecule has 1 saturated carbocycles. The van der Waals surface area contributed by atoms with Gasteiger partial charge in [0.2, 0.25) is 0 Å². The van der Waals surface area contributed by atoms with Crippen molar-refractivity contribution < 1.29 is 9.13 Å². The SMILES string of the molecule is CCNC(=NCC1(c2cccc(F)c2)CC1)NCC1CCOC1c1ccccc1.I. The molecule has 2 atom stereocenters. The molecule has 1 saturated heterocycles. The first-order chi connectivity index (χ1) is 14.2. The average molecular weight is 523 g/mol. The van der Waals surface area contributed by atoms with Gasteiger partial charge in [0, 0.05) is 31.0 Å². The van der Waals surface area contributed by atoms with Gasteiger partial charge in [-0.05, 0) is 49.4 Å². The highest BCUT2D eigenvalue weighted by Crippen LogP contribution is 2.48. The van der Waals surface area contributed by atoms with Gasteiger partial charge in [0.05, 0.1) is 12.6 Å². The number of halogens is 2. The predicted molar refractivity (Wildman–Crippen MR) is 130 cm³/mol. The van der Waals surface area contributed by atoms with E-state index >= 15 is 0 Å². The van der Waals surface area contributed by atoms with Crippen LogP contribution in [0.1, 0.15) is 43.4 Å². The Balaban J connectivity index is 0.00000256. The molecule has 4 rings (SSSR count). The van der Waals surface area contributed by atoms with E-state index in [0.717, 1.165) is 50.5 Å². The zero-order chi connectivity index (χ0) is 20.1. The molecule has 30 heavy (non-hydrogen) atoms. The van der Waals surface area contributed by atoms with Gasteiger partial charge in [-0.3, -0.25) is 4.99 Å². The molecule has 2 aliphatic rings. The fraction of sp³-hybridized carbons (Fsp3) is 0.458. The monoisotopic (exact) mass is 523 g/mol. The zero-order valence-electron chi connectivity index (χ0n) is 17.4. The highest BCUT2D eigenvalue weighted by Gasteiger charge is 2.44. The number of hydrogen-bond acceptors (Lipinski definition) is 2. The summed E-state index contributed by atoms with van der Waals surface area (Å²) >= 11 is 0. The Labute approximate surface area is 195 Å². The van der Waals surface area contributed by atoms with Crippen LogP contribution in [0.4, 0.5) is 4.39 Å². The molecular weight excluding hydrogens is 492 g/mol. The van der Waals surface area contributed by atoms with E-state index in [1.54, 1.807) is 12.1 Å². The lowest BCUT2D eigenvalue weighted by Crippen LogP contribution is -2.40. The van der Waals surface area contributed by atoms with Crippen molar-refractivity contribution in [2.75, 3.05) is 26.2 Å². The van der Waals surface area contributed by atoms with Gasteiger partial charge in [-0.25, -0.2) is 4.39 Å². The molecule has 162 valence electrons. The van der Waals surface area contributed by atoms with Crippen LogP contribution in [0.25, 0.3) is 0 Å². The van der Waals surface area contributed by atoms with Crippen molar-refractivity contribution >= 4 is 29.9 Å². The van der Waals surface area contributed by atoms with Gasteiger partial charge in [-0.1, -0.05) is 42.5 Å². The number of aliphatic imine (C=N–C) groups is 1. The van der Waals surface area contributed by atoms with Crippen LogP contribution in [0.3, 0.4) is 0 Å². The van der Waals surface area contributed by atoms with E-state index in [2.05, 4.69) is 41.8 Å². The fourth-order valence-electron chi connectivity index (χ4n) is 4.16. The number of nitrogens with one attached hydrogen (secondary N) is 2. The second kappa shape index (κ2) is 10.6. The van der Waals surface area contributed by atoms with Crippen LogP contribution in [0, 0.1) is 11.7 Å². The first-order valence-corrected chi connectivity index (χ1v) is 10.6. The number of guanidine groups is 1. The molecule has 1 aliphatic heterocycles. The van der Waals surface area contributed by atoms with E-state index in [4.69, 9.17) is 9.73 Å². The molecule has 2 aromatic rings. The van der Waals surface area contributed by atoms with Crippen molar-refractivity contribution in [2.24, 2.45) is 10.9 Å². The fourth-order valence-corrected chi connectivity index (χ4v) is 4.16. The lowest BCUT2D eigenvalue weighted by molar-refractivity contribution is 0.0915. The van der Waals surface area contributed by atoms with E-state index in [1.807, 2.05) is 12.1 Å². The summed E-state index contributed by atoms with van der Waals surface area (Å²) in [6.45, 7) is 5.17. The minimum Gasteiger partial charge on any atom is -0.373 e. The first kappa shape index (κ1) is 23.0. The third-order valence-corrected chi connectivity index (χ3v) is 6.05. The average Bonchev–Trinajstić information content (AvgIpc) is 3.40. The van der Waals surface area contributed by atoms with Gasteiger partial charge in [-0.2, -0.15) is 0 Å². The van der Waals surface area contributed by atoms with Crippen molar-refractivity contribution in [3.8, 4) is 0 Å². The Bertz CT molecular complexity index is 841. The minimum atomic E-state index is -0.170. The molecule has 6 heteroatoms. The van der Waals surface area contributed by atoms with Crippen LogP contribution in [-0.4, -0.2) is 32.2 Å². The van der Waals surface area contributed by atoms with Crippen molar-refractivity contribution in [3.05, 3.63) is 71.5 Å². The Morgan fingerprint density at radius 3 is 2.63 bits per heavy atom. The lowest BCUT2D eigenvalue weighted by atomic mass is 9.95. The Kier molecular flexibility index (Phi) is 8.11. The molecule has 1 aliphatic carbocycles. The van der Waals surface area contributed by atoms with E-state index in [-0.39, 0.29) is 41.3 Å². The molecular formula is C24H31FIN3O. The summed E-state index contributed by atoms with van der Waals surface area (Å²) in [7, 11) is 0. The maximum atomic E-state index is 13.6. The smallest absolute Gasteiger partial charge is 0.191 e. The first-order valence-electron chi connectivity index (χ1n) is 10.6. The number of hydrogen-bond donors (Lipinski definition) is 2. The van der Waals surface area contributed by atoms with Gasteiger partial charge >= 0.3 is 0 Å². The number of ether oxygens (including phenoxy) is 1. The van der Waals surface area contributed by atoms with Crippen molar-refractivity contribution in [1.82, 2.24) is 10.6 Å². The zero-order valence-corrected chi connectivity index (χ0v) is 19.8. The third kappa shape index (κ3) is 5.52. The summed E-state index contributed by atoms with van der Waals surface area (Å²) in [5, 5.41) is 6.86. The molecule has 2 N–H and O–H groups in total. The Morgan fingerprint density at radius 1 is 1.13 bits per heavy atom. The molecule has 0 amide bonds. The molecule has 2 unspecified atom stereocenters. The van der Waals surface area contributed by atoms with Crippen LogP contribution in [0.5, 0.6) is 0 Å². The van der Waals surface area contributed by atoms with Crippen LogP contribution < -0.4 is 10.6 Å². The largest absolute Gasteiger partial charge is 0.373 e. The summed E-state index contributed by atoms with van der Waals surface area (Å²) < 4.78 is 19.6. The quantitative estimate of drug-likeness (QED) is 0.311. The lowest BCUT2D eigenvalue weighted by Gasteiger charge is -2.21. The van der Waals surface area contributed by atoms with E-state index in [1.165, 1.54) is 11.6 Å². The summed E-state index contributed by atoms with van der Waals surface area (Å²) in [5.41, 5.74) is 2.29. The van der Waals surface area contributed by atoms with Gasteiger partial charge in [0.15, 0.2) is 5.96 Å². The van der Waals surface area contributed by atoms with Crippen molar-refractivity contribution in [3.63, 3.8) is 0 Å². The number of benzene rings is 2. The van der Waals surface area contributed by atoms with Crippen LogP contribution >= 0.6 is 24.0 Å². The van der Waals surface area contributed by atoms with Crippen LogP contribution in [-0.2, 0) is 10.2 Å². The van der Waals surface area contributed by atoms with Gasteiger partial charge in [-0.15, -0.1) is 24.0 Å². The van der Waals surface area contributed by atoms with Crippen molar-refractivity contribution in [2.45, 2.75) is 37.7 Å². The third-order valence-electron chi connectivity index (χ3n) is 6.05. The van der Waals surface area contributed by atoms with E-state index in [0.29, 0.717) is 12.5 Å². The molecule has 2 aromatic carbocycles. The number of rotatable bonds is 7. The molecule has 2 fully saturated rings. The summed E-state index contributed by atoms with van der Waals surface area (Å²) in [6.07, 6.45) is 3.30. The van der Waals surface area contributed by atoms with Crippen molar-refractivity contribution in [1.29, 1.82) is 0 Å². The van der Waals surface area contributed by atoms with E-state index < -0.39 is 0 Å². The van der Waals surface area contributed by atoms with Gasteiger partial charge in [0.1, 0.15) is 5.82 Å². The van der Waals surface area contributed by atoms with Crippen LogP contribution in [0.15, 0.2) is 59.6 Å².